The van der Waals surface area contributed by atoms with Crippen molar-refractivity contribution in [3.8, 4) is 10.6 Å². The van der Waals surface area contributed by atoms with Crippen LogP contribution in [0, 0.1) is 15.8 Å². The molecule has 1 heterocycles. The van der Waals surface area contributed by atoms with Crippen LogP contribution in [-0.2, 0) is 0 Å². The van der Waals surface area contributed by atoms with Crippen LogP contribution >= 0.6 is 33.9 Å². The lowest BCUT2D eigenvalue weighted by Gasteiger charge is -1.98. The van der Waals surface area contributed by atoms with Gasteiger partial charge < -0.3 is 0 Å². The average Bonchev–Trinajstić information content (AvgIpc) is 2.57. The van der Waals surface area contributed by atoms with Crippen molar-refractivity contribution >= 4 is 33.9 Å². The second-order valence-electron chi connectivity index (χ2n) is 2.82. The molecule has 1 aromatic heterocycles. The first-order chi connectivity index (χ1) is 6.66. The summed E-state index contributed by atoms with van der Waals surface area (Å²) in [6, 6.07) is 5.10. The van der Waals surface area contributed by atoms with E-state index in [-0.39, 0.29) is 5.82 Å². The van der Waals surface area contributed by atoms with Gasteiger partial charge in [-0.05, 0) is 41.1 Å². The van der Waals surface area contributed by atoms with Crippen molar-refractivity contribution in [1.29, 1.82) is 0 Å². The highest BCUT2D eigenvalue weighted by atomic mass is 127. The van der Waals surface area contributed by atoms with Crippen molar-refractivity contribution < 1.29 is 4.39 Å². The first-order valence-electron chi connectivity index (χ1n) is 3.92. The summed E-state index contributed by atoms with van der Waals surface area (Å²) in [6.07, 6.45) is 0. The number of nitrogens with zero attached hydrogens (tertiary/aromatic N) is 2. The molecule has 0 aliphatic carbocycles. The van der Waals surface area contributed by atoms with Gasteiger partial charge in [0, 0.05) is 5.56 Å². The van der Waals surface area contributed by atoms with Crippen LogP contribution in [-0.4, -0.2) is 10.2 Å². The Labute approximate surface area is 98.3 Å². The van der Waals surface area contributed by atoms with Gasteiger partial charge in [0.25, 0.3) is 0 Å². The summed E-state index contributed by atoms with van der Waals surface area (Å²) in [5.41, 5.74) is 1.43. The van der Waals surface area contributed by atoms with Crippen molar-refractivity contribution in [1.82, 2.24) is 10.2 Å². The van der Waals surface area contributed by atoms with Gasteiger partial charge in [-0.1, -0.05) is 23.5 Å². The van der Waals surface area contributed by atoms with E-state index in [4.69, 9.17) is 0 Å². The number of rotatable bonds is 1. The number of aryl methyl sites for hydroxylation is 1. The number of hydrogen-bond acceptors (Lipinski definition) is 3. The van der Waals surface area contributed by atoms with Gasteiger partial charge in [0.2, 0.25) is 0 Å². The van der Waals surface area contributed by atoms with Crippen molar-refractivity contribution in [3.63, 3.8) is 0 Å². The Morgan fingerprint density at radius 3 is 2.71 bits per heavy atom. The molecule has 0 N–H and O–H groups in total. The zero-order valence-corrected chi connectivity index (χ0v) is 10.3. The van der Waals surface area contributed by atoms with E-state index in [9.17, 15) is 4.39 Å². The Morgan fingerprint density at radius 1 is 1.36 bits per heavy atom. The zero-order chi connectivity index (χ0) is 10.1. The fourth-order valence-electron chi connectivity index (χ4n) is 1.05. The predicted octanol–water partition coefficient (Wildman–Crippen LogP) is 3.26. The molecule has 2 rings (SSSR count). The Bertz CT molecular complexity index is 470. The monoisotopic (exact) mass is 320 g/mol. The largest absolute Gasteiger partial charge is 0.207 e. The number of benzene rings is 1. The molecule has 0 bridgehead atoms. The molecule has 0 aliphatic heterocycles. The lowest BCUT2D eigenvalue weighted by molar-refractivity contribution is 0.619. The molecule has 5 heteroatoms. The summed E-state index contributed by atoms with van der Waals surface area (Å²) in [5, 5.41) is 8.59. The minimum Gasteiger partial charge on any atom is -0.207 e. The van der Waals surface area contributed by atoms with Gasteiger partial charge in [0.05, 0.1) is 0 Å². The molecule has 0 saturated heterocycles. The second-order valence-corrected chi connectivity index (χ2v) is 5.56. The van der Waals surface area contributed by atoms with Crippen LogP contribution in [0.15, 0.2) is 18.2 Å². The number of aromatic nitrogens is 2. The topological polar surface area (TPSA) is 25.8 Å². The maximum Gasteiger partial charge on any atom is 0.178 e. The first kappa shape index (κ1) is 9.97. The van der Waals surface area contributed by atoms with Gasteiger partial charge in [0.15, 0.2) is 3.01 Å². The van der Waals surface area contributed by atoms with E-state index in [0.29, 0.717) is 5.56 Å². The van der Waals surface area contributed by atoms with E-state index in [1.54, 1.807) is 13.0 Å². The highest BCUT2D eigenvalue weighted by molar-refractivity contribution is 14.1. The molecule has 0 unspecified atom stereocenters. The maximum atomic E-state index is 13.2. The molecular formula is C9H6FIN2S. The molecule has 2 aromatic rings. The van der Waals surface area contributed by atoms with E-state index in [2.05, 4.69) is 32.8 Å². The van der Waals surface area contributed by atoms with Crippen LogP contribution in [0.2, 0.25) is 0 Å². The van der Waals surface area contributed by atoms with Gasteiger partial charge in [-0.15, -0.1) is 10.2 Å². The molecule has 0 saturated carbocycles. The molecule has 0 radical (unpaired) electrons. The van der Waals surface area contributed by atoms with Crippen LogP contribution in [0.1, 0.15) is 5.56 Å². The fraction of sp³-hybridized carbons (Fsp3) is 0.111. The predicted molar refractivity (Wildman–Crippen MR) is 62.8 cm³/mol. The molecule has 0 atom stereocenters. The van der Waals surface area contributed by atoms with Crippen molar-refractivity contribution in [2.45, 2.75) is 6.92 Å². The minimum absolute atomic E-state index is 0.201. The fourth-order valence-corrected chi connectivity index (χ4v) is 2.35. The van der Waals surface area contributed by atoms with Crippen LogP contribution in [0.3, 0.4) is 0 Å². The Balaban J connectivity index is 2.47. The van der Waals surface area contributed by atoms with Crippen molar-refractivity contribution in [2.24, 2.45) is 0 Å². The minimum atomic E-state index is -0.201. The highest BCUT2D eigenvalue weighted by Gasteiger charge is 2.06. The summed E-state index contributed by atoms with van der Waals surface area (Å²) in [6.45, 7) is 1.74. The van der Waals surface area contributed by atoms with E-state index in [1.807, 2.05) is 6.07 Å². The summed E-state index contributed by atoms with van der Waals surface area (Å²) >= 11 is 3.55. The third-order valence-electron chi connectivity index (χ3n) is 1.82. The Morgan fingerprint density at radius 2 is 2.14 bits per heavy atom. The smallest absolute Gasteiger partial charge is 0.178 e. The first-order valence-corrected chi connectivity index (χ1v) is 5.82. The Hall–Kier alpha value is -0.560. The summed E-state index contributed by atoms with van der Waals surface area (Å²) < 4.78 is 14.1. The van der Waals surface area contributed by atoms with E-state index >= 15 is 0 Å². The molecule has 1 aromatic carbocycles. The summed E-state index contributed by atoms with van der Waals surface area (Å²) in [7, 11) is 0. The molecule has 72 valence electrons. The quantitative estimate of drug-likeness (QED) is 0.754. The van der Waals surface area contributed by atoms with Crippen LogP contribution in [0.5, 0.6) is 0 Å². The van der Waals surface area contributed by atoms with Gasteiger partial charge in [0.1, 0.15) is 10.8 Å². The SMILES string of the molecule is Cc1ccc(-c2nnc(I)s2)cc1F. The average molecular weight is 320 g/mol. The molecule has 0 spiro atoms. The number of halogens is 2. The van der Waals surface area contributed by atoms with Gasteiger partial charge in [-0.2, -0.15) is 0 Å². The summed E-state index contributed by atoms with van der Waals surface area (Å²) in [4.78, 5) is 0. The second kappa shape index (κ2) is 3.90. The highest BCUT2D eigenvalue weighted by Crippen LogP contribution is 2.25. The standard InChI is InChI=1S/C9H6FIN2S/c1-5-2-3-6(4-7(5)10)8-12-13-9(11)14-8/h2-4H,1H3. The van der Waals surface area contributed by atoms with E-state index < -0.39 is 0 Å². The molecule has 0 aliphatic rings. The zero-order valence-electron chi connectivity index (χ0n) is 7.29. The third kappa shape index (κ3) is 1.93. The van der Waals surface area contributed by atoms with Gasteiger partial charge >= 0.3 is 0 Å². The maximum absolute atomic E-state index is 13.2. The molecule has 0 fully saturated rings. The van der Waals surface area contributed by atoms with Gasteiger partial charge in [-0.3, -0.25) is 0 Å². The van der Waals surface area contributed by atoms with Crippen LogP contribution in [0.4, 0.5) is 4.39 Å². The van der Waals surface area contributed by atoms with E-state index in [1.165, 1.54) is 17.4 Å². The van der Waals surface area contributed by atoms with Crippen LogP contribution < -0.4 is 0 Å². The molecule has 14 heavy (non-hydrogen) atoms. The molecule has 0 amide bonds. The third-order valence-corrected chi connectivity index (χ3v) is 3.46. The lowest BCUT2D eigenvalue weighted by Crippen LogP contribution is -1.83. The normalized spacial score (nSPS) is 10.5. The molecular weight excluding hydrogens is 314 g/mol. The van der Waals surface area contributed by atoms with Crippen LogP contribution in [0.25, 0.3) is 10.6 Å². The Kier molecular flexibility index (Phi) is 2.78. The number of hydrogen-bond donors (Lipinski definition) is 0. The van der Waals surface area contributed by atoms with Crippen molar-refractivity contribution in [3.05, 3.63) is 32.6 Å². The lowest BCUT2D eigenvalue weighted by atomic mass is 10.1. The molecule has 2 nitrogen and oxygen atoms in total. The van der Waals surface area contributed by atoms with E-state index in [0.717, 1.165) is 13.6 Å². The van der Waals surface area contributed by atoms with Crippen molar-refractivity contribution in [2.75, 3.05) is 0 Å². The van der Waals surface area contributed by atoms with Gasteiger partial charge in [-0.25, -0.2) is 4.39 Å². The summed E-state index contributed by atoms with van der Waals surface area (Å²) in [5.74, 6) is -0.201.